The summed E-state index contributed by atoms with van der Waals surface area (Å²) >= 11 is 0. The molecule has 1 atom stereocenters. The van der Waals surface area contributed by atoms with E-state index in [-0.39, 0.29) is 17.9 Å². The first-order valence-electron chi connectivity index (χ1n) is 8.73. The molecule has 1 aromatic carbocycles. The zero-order chi connectivity index (χ0) is 17.0. The number of aromatic nitrogens is 2. The van der Waals surface area contributed by atoms with Gasteiger partial charge in [0.05, 0.1) is 17.1 Å². The van der Waals surface area contributed by atoms with E-state index in [1.54, 1.807) is 0 Å². The first-order chi connectivity index (χ1) is 11.0. The molecular formula is C19H29N3O. The molecule has 0 fully saturated rings. The maximum Gasteiger partial charge on any atom is 0.223 e. The van der Waals surface area contributed by atoms with E-state index in [0.717, 1.165) is 36.2 Å². The molecule has 1 N–H and O–H groups in total. The van der Waals surface area contributed by atoms with Crippen molar-refractivity contribution in [3.8, 4) is 0 Å². The molecule has 0 aliphatic heterocycles. The fraction of sp³-hybridized carbons (Fsp3) is 0.579. The number of para-hydroxylation sites is 2. The lowest BCUT2D eigenvalue weighted by Gasteiger charge is -2.20. The van der Waals surface area contributed by atoms with Crippen LogP contribution in [0, 0.1) is 11.8 Å². The standard InChI is InChI=1S/C19H29N3O/c1-6-15(7-2)19(23)20-14(5)18-21-16-10-8-9-11-17(16)22(18)12-13(3)4/h8-11,13-15H,6-7,12H2,1-5H3,(H,20,23). The summed E-state index contributed by atoms with van der Waals surface area (Å²) in [6, 6.07) is 8.09. The zero-order valence-electron chi connectivity index (χ0n) is 15.0. The van der Waals surface area contributed by atoms with Crippen LogP contribution in [-0.2, 0) is 11.3 Å². The third-order valence-corrected chi connectivity index (χ3v) is 4.33. The number of hydrogen-bond donors (Lipinski definition) is 1. The molecule has 1 heterocycles. The summed E-state index contributed by atoms with van der Waals surface area (Å²) < 4.78 is 2.25. The normalized spacial score (nSPS) is 13.0. The summed E-state index contributed by atoms with van der Waals surface area (Å²) in [4.78, 5) is 17.2. The van der Waals surface area contributed by atoms with Crippen LogP contribution in [0.3, 0.4) is 0 Å². The monoisotopic (exact) mass is 315 g/mol. The molecule has 1 unspecified atom stereocenters. The molecule has 0 aliphatic carbocycles. The van der Waals surface area contributed by atoms with Gasteiger partial charge in [0.2, 0.25) is 5.91 Å². The average Bonchev–Trinajstić information content (AvgIpc) is 2.87. The van der Waals surface area contributed by atoms with Crippen molar-refractivity contribution in [1.29, 1.82) is 0 Å². The van der Waals surface area contributed by atoms with Gasteiger partial charge in [0.1, 0.15) is 5.82 Å². The van der Waals surface area contributed by atoms with Crippen molar-refractivity contribution < 1.29 is 4.79 Å². The lowest BCUT2D eigenvalue weighted by molar-refractivity contribution is -0.125. The Labute approximate surface area is 139 Å². The second-order valence-electron chi connectivity index (χ2n) is 6.71. The number of amides is 1. The van der Waals surface area contributed by atoms with Gasteiger partial charge in [-0.05, 0) is 37.8 Å². The summed E-state index contributed by atoms with van der Waals surface area (Å²) in [6.45, 7) is 11.5. The maximum atomic E-state index is 12.4. The van der Waals surface area contributed by atoms with Gasteiger partial charge in [0.15, 0.2) is 0 Å². The van der Waals surface area contributed by atoms with Crippen LogP contribution in [0.2, 0.25) is 0 Å². The Bertz CT molecular complexity index is 656. The van der Waals surface area contributed by atoms with E-state index < -0.39 is 0 Å². The highest BCUT2D eigenvalue weighted by molar-refractivity contribution is 5.79. The average molecular weight is 315 g/mol. The lowest BCUT2D eigenvalue weighted by atomic mass is 10.0. The first kappa shape index (κ1) is 17.5. The van der Waals surface area contributed by atoms with E-state index in [1.165, 1.54) is 0 Å². The molecule has 1 aromatic heterocycles. The van der Waals surface area contributed by atoms with Gasteiger partial charge < -0.3 is 9.88 Å². The van der Waals surface area contributed by atoms with Crippen molar-refractivity contribution in [1.82, 2.24) is 14.9 Å². The van der Waals surface area contributed by atoms with Crippen molar-refractivity contribution in [2.24, 2.45) is 11.8 Å². The van der Waals surface area contributed by atoms with Crippen LogP contribution in [-0.4, -0.2) is 15.5 Å². The molecule has 0 bridgehead atoms. The van der Waals surface area contributed by atoms with E-state index in [4.69, 9.17) is 4.98 Å². The fourth-order valence-electron chi connectivity index (χ4n) is 3.04. The Hall–Kier alpha value is -1.84. The van der Waals surface area contributed by atoms with Gasteiger partial charge in [-0.15, -0.1) is 0 Å². The third-order valence-electron chi connectivity index (χ3n) is 4.33. The lowest BCUT2D eigenvalue weighted by Crippen LogP contribution is -2.33. The van der Waals surface area contributed by atoms with Crippen molar-refractivity contribution >= 4 is 16.9 Å². The molecule has 0 saturated heterocycles. The number of imidazole rings is 1. The number of fused-ring (bicyclic) bond motifs is 1. The Morgan fingerprint density at radius 1 is 1.17 bits per heavy atom. The van der Waals surface area contributed by atoms with E-state index in [9.17, 15) is 4.79 Å². The van der Waals surface area contributed by atoms with Crippen LogP contribution in [0.1, 0.15) is 59.3 Å². The Kier molecular flexibility index (Phi) is 5.80. The van der Waals surface area contributed by atoms with Crippen LogP contribution < -0.4 is 5.32 Å². The van der Waals surface area contributed by atoms with Crippen molar-refractivity contribution in [3.63, 3.8) is 0 Å². The fourth-order valence-corrected chi connectivity index (χ4v) is 3.04. The number of carbonyl (C=O) groups is 1. The number of carbonyl (C=O) groups excluding carboxylic acids is 1. The predicted octanol–water partition coefficient (Wildman–Crippen LogP) is 4.31. The SMILES string of the molecule is CCC(CC)C(=O)NC(C)c1nc2ccccc2n1CC(C)C. The smallest absolute Gasteiger partial charge is 0.223 e. The molecule has 2 aromatic rings. The van der Waals surface area contributed by atoms with Crippen molar-refractivity contribution in [3.05, 3.63) is 30.1 Å². The minimum Gasteiger partial charge on any atom is -0.346 e. The van der Waals surface area contributed by atoms with Gasteiger partial charge in [0, 0.05) is 12.5 Å². The second kappa shape index (κ2) is 7.62. The molecule has 126 valence electrons. The Balaban J connectivity index is 2.32. The number of nitrogens with one attached hydrogen (secondary N) is 1. The molecule has 0 saturated carbocycles. The Morgan fingerprint density at radius 2 is 1.83 bits per heavy atom. The van der Waals surface area contributed by atoms with Gasteiger partial charge in [-0.1, -0.05) is 39.8 Å². The summed E-state index contributed by atoms with van der Waals surface area (Å²) in [5.74, 6) is 1.68. The highest BCUT2D eigenvalue weighted by Crippen LogP contribution is 2.22. The molecule has 2 rings (SSSR count). The summed E-state index contributed by atoms with van der Waals surface area (Å²) in [5, 5.41) is 3.15. The topological polar surface area (TPSA) is 46.9 Å². The largest absolute Gasteiger partial charge is 0.346 e. The van der Waals surface area contributed by atoms with Gasteiger partial charge in [-0.3, -0.25) is 4.79 Å². The summed E-state index contributed by atoms with van der Waals surface area (Å²) in [6.07, 6.45) is 1.74. The summed E-state index contributed by atoms with van der Waals surface area (Å²) in [7, 11) is 0. The number of rotatable bonds is 7. The van der Waals surface area contributed by atoms with Crippen LogP contribution >= 0.6 is 0 Å². The van der Waals surface area contributed by atoms with Crippen LogP contribution in [0.4, 0.5) is 0 Å². The highest BCUT2D eigenvalue weighted by atomic mass is 16.1. The molecule has 0 spiro atoms. The number of nitrogens with zero attached hydrogens (tertiary/aromatic N) is 2. The first-order valence-corrected chi connectivity index (χ1v) is 8.73. The van der Waals surface area contributed by atoms with Crippen LogP contribution in [0.5, 0.6) is 0 Å². The molecule has 4 nitrogen and oxygen atoms in total. The minimum atomic E-state index is -0.0887. The zero-order valence-corrected chi connectivity index (χ0v) is 15.0. The van der Waals surface area contributed by atoms with E-state index in [2.05, 4.69) is 43.6 Å². The predicted molar refractivity (Wildman–Crippen MR) is 95.2 cm³/mol. The number of hydrogen-bond acceptors (Lipinski definition) is 2. The van der Waals surface area contributed by atoms with E-state index >= 15 is 0 Å². The van der Waals surface area contributed by atoms with Gasteiger partial charge in [0.25, 0.3) is 0 Å². The molecule has 1 amide bonds. The van der Waals surface area contributed by atoms with Crippen molar-refractivity contribution in [2.75, 3.05) is 0 Å². The van der Waals surface area contributed by atoms with Gasteiger partial charge in [-0.2, -0.15) is 0 Å². The summed E-state index contributed by atoms with van der Waals surface area (Å²) in [5.41, 5.74) is 2.13. The van der Waals surface area contributed by atoms with Crippen LogP contribution in [0.15, 0.2) is 24.3 Å². The second-order valence-corrected chi connectivity index (χ2v) is 6.71. The number of benzene rings is 1. The third kappa shape index (κ3) is 3.92. The van der Waals surface area contributed by atoms with Crippen molar-refractivity contribution in [2.45, 2.75) is 60.0 Å². The van der Waals surface area contributed by atoms with E-state index in [0.29, 0.717) is 5.92 Å². The van der Waals surface area contributed by atoms with E-state index in [1.807, 2.05) is 25.1 Å². The molecule has 0 aliphatic rings. The molecule has 0 radical (unpaired) electrons. The molecular weight excluding hydrogens is 286 g/mol. The minimum absolute atomic E-state index is 0.0837. The Morgan fingerprint density at radius 3 is 2.43 bits per heavy atom. The van der Waals surface area contributed by atoms with Gasteiger partial charge >= 0.3 is 0 Å². The highest BCUT2D eigenvalue weighted by Gasteiger charge is 2.21. The van der Waals surface area contributed by atoms with Crippen LogP contribution in [0.25, 0.3) is 11.0 Å². The maximum absolute atomic E-state index is 12.4. The van der Waals surface area contributed by atoms with Gasteiger partial charge in [-0.25, -0.2) is 4.98 Å². The molecule has 4 heteroatoms. The quantitative estimate of drug-likeness (QED) is 0.828. The molecule has 23 heavy (non-hydrogen) atoms.